The highest BCUT2D eigenvalue weighted by Crippen LogP contribution is 2.40. The molecule has 2 heterocycles. The monoisotopic (exact) mass is 454 g/mol. The van der Waals surface area contributed by atoms with Crippen LogP contribution in [0.2, 0.25) is 0 Å². The van der Waals surface area contributed by atoms with Gasteiger partial charge in [0.25, 0.3) is 0 Å². The standard InChI is InChI=1S/C25H27FN2O5/c1-27-22(29)15-25(24(27)31,17-6-5-7-18(26)14-17)16-23(30)28-12-10-19(11-13-28)33-21-9-4-3-8-20(21)32-2/h3-9,14,19H,10-13,15-16H2,1-2H3/t25-/m0/s1. The Labute approximate surface area is 192 Å². The zero-order valence-corrected chi connectivity index (χ0v) is 18.8. The Kier molecular flexibility index (Phi) is 6.35. The maximum atomic E-state index is 14.0. The predicted molar refractivity (Wildman–Crippen MR) is 118 cm³/mol. The van der Waals surface area contributed by atoms with Gasteiger partial charge in [-0.25, -0.2) is 4.39 Å². The molecule has 2 aliphatic rings. The van der Waals surface area contributed by atoms with Gasteiger partial charge in [-0.2, -0.15) is 0 Å². The first-order chi connectivity index (χ1) is 15.8. The number of amides is 3. The van der Waals surface area contributed by atoms with E-state index in [4.69, 9.17) is 9.47 Å². The molecule has 33 heavy (non-hydrogen) atoms. The summed E-state index contributed by atoms with van der Waals surface area (Å²) in [5, 5.41) is 0. The topological polar surface area (TPSA) is 76.2 Å². The number of nitrogens with zero attached hydrogens (tertiary/aromatic N) is 2. The molecule has 0 aromatic heterocycles. The fraction of sp³-hybridized carbons (Fsp3) is 0.400. The van der Waals surface area contributed by atoms with Gasteiger partial charge >= 0.3 is 0 Å². The highest BCUT2D eigenvalue weighted by atomic mass is 19.1. The van der Waals surface area contributed by atoms with Gasteiger partial charge in [0.15, 0.2) is 11.5 Å². The van der Waals surface area contributed by atoms with Crippen molar-refractivity contribution in [2.45, 2.75) is 37.2 Å². The number of halogens is 1. The summed E-state index contributed by atoms with van der Waals surface area (Å²) in [7, 11) is 2.99. The molecule has 2 aromatic carbocycles. The lowest BCUT2D eigenvalue weighted by Crippen LogP contribution is -2.46. The number of piperidine rings is 1. The molecule has 8 heteroatoms. The van der Waals surface area contributed by atoms with E-state index in [1.807, 2.05) is 24.3 Å². The Balaban J connectivity index is 1.45. The third-order valence-electron chi connectivity index (χ3n) is 6.53. The van der Waals surface area contributed by atoms with Crippen molar-refractivity contribution < 1.29 is 28.2 Å². The number of hydrogen-bond acceptors (Lipinski definition) is 5. The number of benzene rings is 2. The minimum absolute atomic E-state index is 0.0663. The van der Waals surface area contributed by atoms with E-state index in [9.17, 15) is 18.8 Å². The molecule has 0 N–H and O–H groups in total. The van der Waals surface area contributed by atoms with Gasteiger partial charge in [-0.15, -0.1) is 0 Å². The van der Waals surface area contributed by atoms with Crippen LogP contribution in [-0.2, 0) is 19.8 Å². The van der Waals surface area contributed by atoms with E-state index >= 15 is 0 Å². The summed E-state index contributed by atoms with van der Waals surface area (Å²) >= 11 is 0. The van der Waals surface area contributed by atoms with Crippen molar-refractivity contribution in [3.8, 4) is 11.5 Å². The van der Waals surface area contributed by atoms with Crippen molar-refractivity contribution in [1.82, 2.24) is 9.80 Å². The van der Waals surface area contributed by atoms with E-state index < -0.39 is 17.1 Å². The molecule has 2 saturated heterocycles. The van der Waals surface area contributed by atoms with E-state index in [2.05, 4.69) is 0 Å². The number of hydrogen-bond donors (Lipinski definition) is 0. The molecule has 0 unspecified atom stereocenters. The summed E-state index contributed by atoms with van der Waals surface area (Å²) in [6.45, 7) is 0.936. The van der Waals surface area contributed by atoms with Crippen molar-refractivity contribution >= 4 is 17.7 Å². The Morgan fingerprint density at radius 3 is 2.39 bits per heavy atom. The van der Waals surface area contributed by atoms with Crippen LogP contribution in [0.25, 0.3) is 0 Å². The molecule has 2 aliphatic heterocycles. The van der Waals surface area contributed by atoms with Crippen molar-refractivity contribution in [3.05, 3.63) is 59.9 Å². The van der Waals surface area contributed by atoms with Crippen LogP contribution in [0, 0.1) is 5.82 Å². The normalized spacial score (nSPS) is 21.4. The van der Waals surface area contributed by atoms with Gasteiger partial charge in [0, 0.05) is 45.8 Å². The lowest BCUT2D eigenvalue weighted by Gasteiger charge is -2.35. The second-order valence-corrected chi connectivity index (χ2v) is 8.55. The zero-order chi connectivity index (χ0) is 23.6. The van der Waals surface area contributed by atoms with Crippen LogP contribution in [-0.4, -0.2) is 60.9 Å². The Morgan fingerprint density at radius 1 is 1.09 bits per heavy atom. The van der Waals surface area contributed by atoms with E-state index in [-0.39, 0.29) is 30.8 Å². The second-order valence-electron chi connectivity index (χ2n) is 8.55. The summed E-state index contributed by atoms with van der Waals surface area (Å²) < 4.78 is 25.4. The molecule has 0 aliphatic carbocycles. The van der Waals surface area contributed by atoms with Gasteiger partial charge in [0.2, 0.25) is 17.7 Å². The average molecular weight is 454 g/mol. The van der Waals surface area contributed by atoms with E-state index in [0.717, 1.165) is 4.90 Å². The molecular formula is C25H27FN2O5. The first kappa shape index (κ1) is 22.8. The van der Waals surface area contributed by atoms with E-state index in [1.165, 1.54) is 25.2 Å². The minimum Gasteiger partial charge on any atom is -0.493 e. The molecule has 3 amide bonds. The Hall–Kier alpha value is -3.42. The number of likely N-dealkylation sites (N-methyl/N-ethyl adjacent to an activating group) is 1. The molecule has 2 fully saturated rings. The van der Waals surface area contributed by atoms with Crippen molar-refractivity contribution in [2.75, 3.05) is 27.2 Å². The smallest absolute Gasteiger partial charge is 0.240 e. The molecule has 0 radical (unpaired) electrons. The van der Waals surface area contributed by atoms with Gasteiger partial charge in [0.05, 0.1) is 12.5 Å². The average Bonchev–Trinajstić information content (AvgIpc) is 3.04. The van der Waals surface area contributed by atoms with Gasteiger partial charge in [-0.3, -0.25) is 19.3 Å². The number of ether oxygens (including phenoxy) is 2. The number of para-hydroxylation sites is 2. The molecule has 7 nitrogen and oxygen atoms in total. The van der Waals surface area contributed by atoms with Crippen molar-refractivity contribution in [2.24, 2.45) is 0 Å². The van der Waals surface area contributed by atoms with E-state index in [0.29, 0.717) is 43.0 Å². The van der Waals surface area contributed by atoms with Crippen LogP contribution in [0.1, 0.15) is 31.2 Å². The molecule has 0 spiro atoms. The number of imide groups is 1. The van der Waals surface area contributed by atoms with Crippen LogP contribution in [0.15, 0.2) is 48.5 Å². The van der Waals surface area contributed by atoms with Gasteiger partial charge in [0.1, 0.15) is 11.9 Å². The number of carbonyl (C=O) groups excluding carboxylic acids is 3. The SMILES string of the molecule is COc1ccccc1OC1CCN(C(=O)C[C@]2(c3cccc(F)c3)CC(=O)N(C)C2=O)CC1. The maximum absolute atomic E-state index is 14.0. The summed E-state index contributed by atoms with van der Waals surface area (Å²) in [5.41, 5.74) is -1.02. The first-order valence-electron chi connectivity index (χ1n) is 11.0. The molecule has 174 valence electrons. The minimum atomic E-state index is -1.38. The van der Waals surface area contributed by atoms with Crippen molar-refractivity contribution in [1.29, 1.82) is 0 Å². The molecule has 2 aromatic rings. The molecule has 4 rings (SSSR count). The van der Waals surface area contributed by atoms with Crippen molar-refractivity contribution in [3.63, 3.8) is 0 Å². The fourth-order valence-electron chi connectivity index (χ4n) is 4.63. The van der Waals surface area contributed by atoms with Gasteiger partial charge in [-0.1, -0.05) is 24.3 Å². The highest BCUT2D eigenvalue weighted by Gasteiger charge is 2.53. The zero-order valence-electron chi connectivity index (χ0n) is 18.8. The second kappa shape index (κ2) is 9.21. The van der Waals surface area contributed by atoms with Crippen LogP contribution in [0.5, 0.6) is 11.5 Å². The molecule has 0 bridgehead atoms. The third kappa shape index (κ3) is 4.42. The van der Waals surface area contributed by atoms with E-state index in [1.54, 1.807) is 18.1 Å². The quantitative estimate of drug-likeness (QED) is 0.628. The molecular weight excluding hydrogens is 427 g/mol. The van der Waals surface area contributed by atoms with Crippen LogP contribution >= 0.6 is 0 Å². The number of methoxy groups -OCH3 is 1. The number of likely N-dealkylation sites (tertiary alicyclic amines) is 2. The lowest BCUT2D eigenvalue weighted by atomic mass is 9.75. The summed E-state index contributed by atoms with van der Waals surface area (Å²) in [4.78, 5) is 41.4. The van der Waals surface area contributed by atoms with Crippen LogP contribution in [0.4, 0.5) is 4.39 Å². The lowest BCUT2D eigenvalue weighted by molar-refractivity contribution is -0.142. The largest absolute Gasteiger partial charge is 0.493 e. The van der Waals surface area contributed by atoms with Crippen LogP contribution < -0.4 is 9.47 Å². The van der Waals surface area contributed by atoms with Gasteiger partial charge < -0.3 is 14.4 Å². The summed E-state index contributed by atoms with van der Waals surface area (Å²) in [6.07, 6.45) is 0.866. The predicted octanol–water partition coefficient (Wildman–Crippen LogP) is 2.92. The molecule has 1 atom stereocenters. The van der Waals surface area contributed by atoms with Gasteiger partial charge in [-0.05, 0) is 29.8 Å². The van der Waals surface area contributed by atoms with Crippen LogP contribution in [0.3, 0.4) is 0 Å². The number of rotatable bonds is 6. The highest BCUT2D eigenvalue weighted by molar-refractivity contribution is 6.10. The number of carbonyl (C=O) groups is 3. The Morgan fingerprint density at radius 2 is 1.79 bits per heavy atom. The summed E-state index contributed by atoms with van der Waals surface area (Å²) in [5.74, 6) is -0.272. The maximum Gasteiger partial charge on any atom is 0.240 e. The fourth-order valence-corrected chi connectivity index (χ4v) is 4.63. The third-order valence-corrected chi connectivity index (χ3v) is 6.53. The Bertz CT molecular complexity index is 1070. The first-order valence-corrected chi connectivity index (χ1v) is 11.0. The summed E-state index contributed by atoms with van der Waals surface area (Å²) in [6, 6.07) is 13.0. The molecule has 0 saturated carbocycles.